The predicted octanol–water partition coefficient (Wildman–Crippen LogP) is 3.81. The SMILES string of the molecule is CCC(N)Cc1cccnc1Oc1ccccc1Cl. The first-order valence-electron chi connectivity index (χ1n) is 6.32. The second kappa shape index (κ2) is 6.55. The van der Waals surface area contributed by atoms with Gasteiger partial charge in [0.15, 0.2) is 0 Å². The van der Waals surface area contributed by atoms with Crippen LogP contribution in [0.2, 0.25) is 5.02 Å². The van der Waals surface area contributed by atoms with Gasteiger partial charge in [0.25, 0.3) is 0 Å². The summed E-state index contributed by atoms with van der Waals surface area (Å²) >= 11 is 6.08. The third-order valence-corrected chi connectivity index (χ3v) is 3.21. The molecule has 0 radical (unpaired) electrons. The highest BCUT2D eigenvalue weighted by molar-refractivity contribution is 6.32. The first kappa shape index (κ1) is 13.8. The fourth-order valence-electron chi connectivity index (χ4n) is 1.73. The van der Waals surface area contributed by atoms with Crippen LogP contribution < -0.4 is 10.5 Å². The lowest BCUT2D eigenvalue weighted by Crippen LogP contribution is -2.21. The van der Waals surface area contributed by atoms with Gasteiger partial charge in [0.05, 0.1) is 5.02 Å². The van der Waals surface area contributed by atoms with Gasteiger partial charge in [0.2, 0.25) is 5.88 Å². The third-order valence-electron chi connectivity index (χ3n) is 2.90. The number of rotatable bonds is 5. The van der Waals surface area contributed by atoms with Crippen LogP contribution in [0.1, 0.15) is 18.9 Å². The summed E-state index contributed by atoms with van der Waals surface area (Å²) in [5.74, 6) is 1.17. The van der Waals surface area contributed by atoms with Gasteiger partial charge in [0.1, 0.15) is 5.75 Å². The van der Waals surface area contributed by atoms with Gasteiger partial charge in [-0.3, -0.25) is 0 Å². The fraction of sp³-hybridized carbons (Fsp3) is 0.267. The second-order valence-corrected chi connectivity index (χ2v) is 4.78. The van der Waals surface area contributed by atoms with Gasteiger partial charge in [-0.15, -0.1) is 0 Å². The minimum Gasteiger partial charge on any atom is -0.437 e. The van der Waals surface area contributed by atoms with Gasteiger partial charge in [0, 0.05) is 17.8 Å². The molecule has 0 fully saturated rings. The van der Waals surface area contributed by atoms with Crippen molar-refractivity contribution in [2.45, 2.75) is 25.8 Å². The van der Waals surface area contributed by atoms with Gasteiger partial charge in [-0.05, 0) is 31.0 Å². The zero-order chi connectivity index (χ0) is 13.7. The van der Waals surface area contributed by atoms with Gasteiger partial charge >= 0.3 is 0 Å². The number of pyridine rings is 1. The quantitative estimate of drug-likeness (QED) is 0.903. The number of hydrogen-bond donors (Lipinski definition) is 1. The Balaban J connectivity index is 2.23. The number of para-hydroxylation sites is 1. The van der Waals surface area contributed by atoms with Crippen molar-refractivity contribution in [3.63, 3.8) is 0 Å². The molecule has 0 aliphatic rings. The first-order valence-corrected chi connectivity index (χ1v) is 6.70. The van der Waals surface area contributed by atoms with Crippen LogP contribution in [-0.2, 0) is 6.42 Å². The van der Waals surface area contributed by atoms with Crippen LogP contribution in [-0.4, -0.2) is 11.0 Å². The Hall–Kier alpha value is -1.58. The lowest BCUT2D eigenvalue weighted by molar-refractivity contribution is 0.452. The van der Waals surface area contributed by atoms with Crippen molar-refractivity contribution < 1.29 is 4.74 Å². The molecule has 2 rings (SSSR count). The average Bonchev–Trinajstić information content (AvgIpc) is 2.43. The smallest absolute Gasteiger partial charge is 0.222 e. The van der Waals surface area contributed by atoms with E-state index in [1.54, 1.807) is 12.3 Å². The maximum atomic E-state index is 6.08. The van der Waals surface area contributed by atoms with Crippen LogP contribution in [0.15, 0.2) is 42.6 Å². The molecule has 100 valence electrons. The first-order chi connectivity index (χ1) is 9.20. The van der Waals surface area contributed by atoms with E-state index in [1.807, 2.05) is 30.3 Å². The molecule has 3 nitrogen and oxygen atoms in total. The number of ether oxygens (including phenoxy) is 1. The van der Waals surface area contributed by atoms with Crippen LogP contribution in [0.25, 0.3) is 0 Å². The highest BCUT2D eigenvalue weighted by atomic mass is 35.5. The molecule has 1 unspecified atom stereocenters. The van der Waals surface area contributed by atoms with Crippen molar-refractivity contribution >= 4 is 11.6 Å². The number of hydrogen-bond acceptors (Lipinski definition) is 3. The summed E-state index contributed by atoms with van der Waals surface area (Å²) in [5.41, 5.74) is 6.98. The molecule has 1 atom stereocenters. The van der Waals surface area contributed by atoms with E-state index in [4.69, 9.17) is 22.1 Å². The molecular weight excluding hydrogens is 260 g/mol. The molecule has 0 amide bonds. The number of aromatic nitrogens is 1. The maximum Gasteiger partial charge on any atom is 0.222 e. The third kappa shape index (κ3) is 3.69. The zero-order valence-electron chi connectivity index (χ0n) is 10.8. The molecule has 0 aliphatic heterocycles. The summed E-state index contributed by atoms with van der Waals surface area (Å²) in [4.78, 5) is 4.27. The van der Waals surface area contributed by atoms with Crippen molar-refractivity contribution in [1.29, 1.82) is 0 Å². The summed E-state index contributed by atoms with van der Waals surface area (Å²) < 4.78 is 5.79. The maximum absolute atomic E-state index is 6.08. The average molecular weight is 277 g/mol. The molecule has 0 saturated heterocycles. The molecule has 2 N–H and O–H groups in total. The Morgan fingerprint density at radius 3 is 2.79 bits per heavy atom. The predicted molar refractivity (Wildman–Crippen MR) is 77.7 cm³/mol. The largest absolute Gasteiger partial charge is 0.437 e. The number of nitrogens with two attached hydrogens (primary N) is 1. The zero-order valence-corrected chi connectivity index (χ0v) is 11.6. The topological polar surface area (TPSA) is 48.1 Å². The molecule has 1 aromatic carbocycles. The van der Waals surface area contributed by atoms with Gasteiger partial charge < -0.3 is 10.5 Å². The van der Waals surface area contributed by atoms with Crippen molar-refractivity contribution in [2.75, 3.05) is 0 Å². The lowest BCUT2D eigenvalue weighted by Gasteiger charge is -2.13. The van der Waals surface area contributed by atoms with Crippen LogP contribution in [0.3, 0.4) is 0 Å². The van der Waals surface area contributed by atoms with Crippen molar-refractivity contribution in [1.82, 2.24) is 4.98 Å². The van der Waals surface area contributed by atoms with E-state index in [-0.39, 0.29) is 6.04 Å². The Bertz CT molecular complexity index is 545. The normalized spacial score (nSPS) is 12.2. The van der Waals surface area contributed by atoms with E-state index in [1.165, 1.54) is 0 Å². The van der Waals surface area contributed by atoms with Gasteiger partial charge in [-0.1, -0.05) is 36.7 Å². The molecule has 1 heterocycles. The Labute approximate surface area is 118 Å². The highest BCUT2D eigenvalue weighted by Crippen LogP contribution is 2.29. The fourth-order valence-corrected chi connectivity index (χ4v) is 1.90. The Kier molecular flexibility index (Phi) is 4.77. The Morgan fingerprint density at radius 2 is 2.05 bits per heavy atom. The van der Waals surface area contributed by atoms with Crippen molar-refractivity contribution in [3.8, 4) is 11.6 Å². The number of benzene rings is 1. The highest BCUT2D eigenvalue weighted by Gasteiger charge is 2.10. The van der Waals surface area contributed by atoms with Crippen molar-refractivity contribution in [3.05, 3.63) is 53.2 Å². The van der Waals surface area contributed by atoms with Crippen LogP contribution in [0.4, 0.5) is 0 Å². The molecule has 1 aromatic heterocycles. The minimum absolute atomic E-state index is 0.109. The standard InChI is InChI=1S/C15H17ClN2O/c1-2-12(17)10-11-6-5-9-18-15(11)19-14-8-4-3-7-13(14)16/h3-9,12H,2,10,17H2,1H3. The summed E-state index contributed by atoms with van der Waals surface area (Å²) in [6.45, 7) is 2.07. The lowest BCUT2D eigenvalue weighted by atomic mass is 10.1. The van der Waals surface area contributed by atoms with E-state index < -0.39 is 0 Å². The summed E-state index contributed by atoms with van der Waals surface area (Å²) in [5, 5.41) is 0.568. The van der Waals surface area contributed by atoms with E-state index in [9.17, 15) is 0 Å². The van der Waals surface area contributed by atoms with Crippen molar-refractivity contribution in [2.24, 2.45) is 5.73 Å². The molecular formula is C15H17ClN2O. The van der Waals surface area contributed by atoms with Gasteiger partial charge in [-0.2, -0.15) is 0 Å². The number of halogens is 1. The molecule has 0 aliphatic carbocycles. The van der Waals surface area contributed by atoms with E-state index in [2.05, 4.69) is 11.9 Å². The van der Waals surface area contributed by atoms with E-state index in [0.29, 0.717) is 16.7 Å². The minimum atomic E-state index is 0.109. The van der Waals surface area contributed by atoms with Gasteiger partial charge in [-0.25, -0.2) is 4.98 Å². The molecule has 4 heteroatoms. The monoisotopic (exact) mass is 276 g/mol. The summed E-state index contributed by atoms with van der Waals surface area (Å²) in [6.07, 6.45) is 3.36. The van der Waals surface area contributed by atoms with Crippen LogP contribution >= 0.6 is 11.6 Å². The molecule has 0 spiro atoms. The second-order valence-electron chi connectivity index (χ2n) is 4.37. The molecule has 19 heavy (non-hydrogen) atoms. The summed E-state index contributed by atoms with van der Waals surface area (Å²) in [6, 6.07) is 11.3. The van der Waals surface area contributed by atoms with Crippen LogP contribution in [0, 0.1) is 0 Å². The molecule has 0 bridgehead atoms. The van der Waals surface area contributed by atoms with E-state index in [0.717, 1.165) is 18.4 Å². The Morgan fingerprint density at radius 1 is 1.26 bits per heavy atom. The summed E-state index contributed by atoms with van der Waals surface area (Å²) in [7, 11) is 0. The van der Waals surface area contributed by atoms with E-state index >= 15 is 0 Å². The van der Waals surface area contributed by atoms with Crippen LogP contribution in [0.5, 0.6) is 11.6 Å². The molecule has 0 saturated carbocycles. The number of nitrogens with zero attached hydrogens (tertiary/aromatic N) is 1. The molecule has 2 aromatic rings.